The van der Waals surface area contributed by atoms with Crippen molar-refractivity contribution in [1.29, 1.82) is 10.5 Å². The molecule has 0 saturated carbocycles. The monoisotopic (exact) mass is 699 g/mol. The van der Waals surface area contributed by atoms with Gasteiger partial charge >= 0.3 is 17.1 Å². The number of nitrogens with one attached hydrogen (secondary N) is 2. The van der Waals surface area contributed by atoms with Crippen LogP contribution in [0.15, 0.2) is 85.2 Å². The van der Waals surface area contributed by atoms with E-state index in [-0.39, 0.29) is 51.0 Å². The Balaban J connectivity index is 0. The Morgan fingerprint density at radius 1 is 0.590 bits per heavy atom. The van der Waals surface area contributed by atoms with Crippen molar-refractivity contribution in [1.82, 2.24) is 30.6 Å². The minimum Gasteiger partial charge on any atom is -1.00 e. The van der Waals surface area contributed by atoms with Crippen molar-refractivity contribution < 1.29 is 51.0 Å². The third-order valence-corrected chi connectivity index (χ3v) is 4.56. The van der Waals surface area contributed by atoms with Gasteiger partial charge in [-0.3, -0.25) is 9.97 Å². The third-order valence-electron chi connectivity index (χ3n) is 4.56. The van der Waals surface area contributed by atoms with Crippen LogP contribution in [0.2, 0.25) is 0 Å². The van der Waals surface area contributed by atoms with Crippen LogP contribution < -0.4 is 44.6 Å². The summed E-state index contributed by atoms with van der Waals surface area (Å²) in [7, 11) is 0. The van der Waals surface area contributed by atoms with E-state index >= 15 is 0 Å². The molecule has 0 saturated heterocycles. The average Bonchev–Trinajstić information content (AvgIpc) is 2.93. The largest absolute Gasteiger partial charge is 2.00 e. The molecule has 0 aliphatic carbocycles. The second kappa shape index (κ2) is 24.0. The van der Waals surface area contributed by atoms with Crippen LogP contribution in [0.4, 0.5) is 0 Å². The van der Waals surface area contributed by atoms with Crippen LogP contribution in [-0.2, 0) is 30.2 Å². The fourth-order valence-electron chi connectivity index (χ4n) is 3.08. The Kier molecular flexibility index (Phi) is 23.5. The predicted octanol–water partition coefficient (Wildman–Crippen LogP) is -1.45. The molecule has 0 fully saturated rings. The van der Waals surface area contributed by atoms with Crippen molar-refractivity contribution in [2.45, 2.75) is 26.9 Å². The number of rotatable bonds is 9. The normalized spacial score (nSPS) is 8.72. The summed E-state index contributed by atoms with van der Waals surface area (Å²) in [6.45, 7) is 5.98. The Hall–Kier alpha value is -3.02. The Morgan fingerprint density at radius 2 is 0.949 bits per heavy atom. The SMILES string of the molecule is CC#N.CC#N.[Br-].[Br-].[Cu+2].c1ccc(-c2cccc(CNCCNCc3cccc(-c4ccccn4)n3)n2)nc1. The Bertz CT molecular complexity index is 1150. The maximum absolute atomic E-state index is 7.32. The molecule has 4 heterocycles. The van der Waals surface area contributed by atoms with Gasteiger partial charge in [-0.15, -0.1) is 0 Å². The van der Waals surface area contributed by atoms with E-state index in [0.29, 0.717) is 0 Å². The summed E-state index contributed by atoms with van der Waals surface area (Å²) in [4.78, 5) is 18.1. The van der Waals surface area contributed by atoms with Crippen molar-refractivity contribution in [2.75, 3.05) is 13.1 Å². The van der Waals surface area contributed by atoms with Crippen molar-refractivity contribution in [3.8, 4) is 34.9 Å². The molecule has 0 aliphatic rings. The smallest absolute Gasteiger partial charge is 1.00 e. The first kappa shape index (κ1) is 38.1. The van der Waals surface area contributed by atoms with E-state index in [1.807, 2.05) is 72.8 Å². The predicted molar refractivity (Wildman–Crippen MR) is 141 cm³/mol. The number of aromatic nitrogens is 4. The molecule has 0 spiro atoms. The van der Waals surface area contributed by atoms with Crippen LogP contribution in [0.1, 0.15) is 25.2 Å². The molecule has 207 valence electrons. The number of pyridine rings is 4. The van der Waals surface area contributed by atoms with Crippen LogP contribution in [0.25, 0.3) is 22.8 Å². The van der Waals surface area contributed by atoms with Gasteiger partial charge in [0.2, 0.25) is 0 Å². The molecule has 4 aromatic heterocycles. The molecule has 2 N–H and O–H groups in total. The molecule has 0 amide bonds. The summed E-state index contributed by atoms with van der Waals surface area (Å²) in [6.07, 6.45) is 3.57. The third kappa shape index (κ3) is 15.2. The molecule has 0 unspecified atom stereocenters. The van der Waals surface area contributed by atoms with E-state index < -0.39 is 0 Å². The molecule has 0 bridgehead atoms. The van der Waals surface area contributed by atoms with E-state index in [1.54, 1.807) is 24.5 Å². The van der Waals surface area contributed by atoms with Gasteiger partial charge in [0.15, 0.2) is 0 Å². The van der Waals surface area contributed by atoms with E-state index in [0.717, 1.165) is 60.3 Å². The number of nitriles is 2. The van der Waals surface area contributed by atoms with Gasteiger partial charge in [0.05, 0.1) is 46.3 Å². The van der Waals surface area contributed by atoms with Crippen LogP contribution in [0.5, 0.6) is 0 Å². The van der Waals surface area contributed by atoms with Gasteiger partial charge < -0.3 is 44.6 Å². The van der Waals surface area contributed by atoms with Crippen LogP contribution in [-0.4, -0.2) is 33.0 Å². The molecule has 39 heavy (non-hydrogen) atoms. The Morgan fingerprint density at radius 3 is 1.28 bits per heavy atom. The average molecular weight is 702 g/mol. The summed E-state index contributed by atoms with van der Waals surface area (Å²) in [5.74, 6) is 0. The van der Waals surface area contributed by atoms with Crippen LogP contribution in [0, 0.1) is 22.7 Å². The molecular weight excluding hydrogens is 672 g/mol. The van der Waals surface area contributed by atoms with Gasteiger partial charge in [0.25, 0.3) is 0 Å². The maximum atomic E-state index is 7.32. The van der Waals surface area contributed by atoms with Gasteiger partial charge in [0.1, 0.15) is 0 Å². The quantitative estimate of drug-likeness (QED) is 0.161. The van der Waals surface area contributed by atoms with E-state index in [1.165, 1.54) is 13.8 Å². The maximum Gasteiger partial charge on any atom is 2.00 e. The van der Waals surface area contributed by atoms with E-state index in [9.17, 15) is 0 Å². The summed E-state index contributed by atoms with van der Waals surface area (Å²) >= 11 is 0. The summed E-state index contributed by atoms with van der Waals surface area (Å²) < 4.78 is 0. The second-order valence-corrected chi connectivity index (χ2v) is 7.26. The standard InChI is InChI=1S/C24H24N6.2C2H3N.2BrH.Cu/c1-3-13-27-21(9-1)23-11-5-7-19(29-23)17-25-15-16-26-18-20-8-6-12-24(30-20)22-10-2-4-14-28-22;2*1-2-3;;;/h1-14,25-26H,15-18H2;2*1H3;2*1H;/q;;;;;+2/p-2. The summed E-state index contributed by atoms with van der Waals surface area (Å²) in [5, 5.41) is 21.5. The number of hydrogen-bond acceptors (Lipinski definition) is 8. The zero-order valence-electron chi connectivity index (χ0n) is 21.7. The summed E-state index contributed by atoms with van der Waals surface area (Å²) in [6, 6.07) is 27.3. The van der Waals surface area contributed by atoms with E-state index in [4.69, 9.17) is 10.5 Å². The van der Waals surface area contributed by atoms with Gasteiger partial charge in [-0.2, -0.15) is 10.5 Å². The van der Waals surface area contributed by atoms with Gasteiger partial charge in [-0.1, -0.05) is 24.3 Å². The van der Waals surface area contributed by atoms with Crippen molar-refractivity contribution >= 4 is 0 Å². The van der Waals surface area contributed by atoms with E-state index in [2.05, 4.69) is 30.6 Å². The van der Waals surface area contributed by atoms with Crippen LogP contribution >= 0.6 is 0 Å². The zero-order valence-corrected chi connectivity index (χ0v) is 25.8. The number of hydrogen-bond donors (Lipinski definition) is 2. The first-order valence-electron chi connectivity index (χ1n) is 11.5. The molecule has 1 radical (unpaired) electrons. The molecule has 0 aliphatic heterocycles. The first-order valence-corrected chi connectivity index (χ1v) is 11.5. The van der Waals surface area contributed by atoms with Gasteiger partial charge in [-0.05, 0) is 48.5 Å². The van der Waals surface area contributed by atoms with Crippen molar-refractivity contribution in [3.05, 3.63) is 96.6 Å². The zero-order chi connectivity index (χ0) is 25.8. The minimum absolute atomic E-state index is 0. The molecule has 4 rings (SSSR count). The fraction of sp³-hybridized carbons (Fsp3) is 0.214. The Labute approximate surface area is 262 Å². The number of halogens is 2. The molecule has 0 atom stereocenters. The molecule has 4 aromatic rings. The molecular formula is C28H30Br2CuN8. The van der Waals surface area contributed by atoms with Crippen LogP contribution in [0.3, 0.4) is 0 Å². The van der Waals surface area contributed by atoms with Gasteiger partial charge in [-0.25, -0.2) is 9.97 Å². The molecule has 0 aromatic carbocycles. The second-order valence-electron chi connectivity index (χ2n) is 7.26. The summed E-state index contributed by atoms with van der Waals surface area (Å²) in [5.41, 5.74) is 5.58. The van der Waals surface area contributed by atoms with Crippen molar-refractivity contribution in [3.63, 3.8) is 0 Å². The first-order chi connectivity index (χ1) is 17.7. The molecule has 8 nitrogen and oxygen atoms in total. The minimum atomic E-state index is 0. The topological polar surface area (TPSA) is 123 Å². The van der Waals surface area contributed by atoms with Gasteiger partial charge in [0, 0.05) is 52.4 Å². The number of nitrogens with zero attached hydrogens (tertiary/aromatic N) is 6. The molecule has 11 heteroatoms. The fourth-order valence-corrected chi connectivity index (χ4v) is 3.08. The van der Waals surface area contributed by atoms with Crippen molar-refractivity contribution in [2.24, 2.45) is 0 Å².